The molecule has 0 spiro atoms. The number of amides is 1. The Morgan fingerprint density at radius 3 is 2.91 bits per heavy atom. The first-order chi connectivity index (χ1) is 5.27. The van der Waals surface area contributed by atoms with Gasteiger partial charge in [-0.25, -0.2) is 4.98 Å². The summed E-state index contributed by atoms with van der Waals surface area (Å²) >= 11 is 1.51. The van der Waals surface area contributed by atoms with E-state index < -0.39 is 0 Å². The highest BCUT2D eigenvalue weighted by molar-refractivity contribution is 7.15. The van der Waals surface area contributed by atoms with Crippen LogP contribution in [0.15, 0.2) is 0 Å². The van der Waals surface area contributed by atoms with Gasteiger partial charge in [0.05, 0.1) is 5.69 Å². The van der Waals surface area contributed by atoms with Crippen LogP contribution in [0.25, 0.3) is 0 Å². The second-order valence-corrected chi connectivity index (χ2v) is 3.34. The highest BCUT2D eigenvalue weighted by Gasteiger charge is 2.03. The molecular formula is C7H10N2OS. The monoisotopic (exact) mass is 170 g/mol. The Kier molecular flexibility index (Phi) is 2.59. The number of thiazole rings is 1. The highest BCUT2D eigenvalue weighted by Crippen LogP contribution is 2.21. The van der Waals surface area contributed by atoms with Crippen LogP contribution in [0.4, 0.5) is 5.13 Å². The molecule has 0 radical (unpaired) electrons. The van der Waals surface area contributed by atoms with Crippen molar-refractivity contribution in [3.8, 4) is 0 Å². The van der Waals surface area contributed by atoms with Gasteiger partial charge in [0.15, 0.2) is 5.13 Å². The maximum atomic E-state index is 10.0. The summed E-state index contributed by atoms with van der Waals surface area (Å²) in [6.45, 7) is 4.05. The molecule has 0 atom stereocenters. The minimum absolute atomic E-state index is 0.651. The van der Waals surface area contributed by atoms with Gasteiger partial charge in [-0.05, 0) is 13.3 Å². The van der Waals surface area contributed by atoms with Gasteiger partial charge in [-0.1, -0.05) is 6.92 Å². The largest absolute Gasteiger partial charge is 0.305 e. The summed E-state index contributed by atoms with van der Waals surface area (Å²) in [5, 5.41) is 3.22. The van der Waals surface area contributed by atoms with E-state index in [2.05, 4.69) is 10.3 Å². The van der Waals surface area contributed by atoms with Gasteiger partial charge in [0.1, 0.15) is 0 Å². The Hall–Kier alpha value is -0.900. The van der Waals surface area contributed by atoms with Gasteiger partial charge in [-0.3, -0.25) is 4.79 Å². The van der Waals surface area contributed by atoms with Crippen LogP contribution in [0.1, 0.15) is 17.5 Å². The summed E-state index contributed by atoms with van der Waals surface area (Å²) < 4.78 is 0. The Bertz CT molecular complexity index is 257. The van der Waals surface area contributed by atoms with E-state index in [0.717, 1.165) is 12.1 Å². The third-order valence-corrected chi connectivity index (χ3v) is 2.35. The van der Waals surface area contributed by atoms with Crippen molar-refractivity contribution in [2.24, 2.45) is 0 Å². The van der Waals surface area contributed by atoms with Gasteiger partial charge >= 0.3 is 0 Å². The summed E-state index contributed by atoms with van der Waals surface area (Å²) in [7, 11) is 0. The van der Waals surface area contributed by atoms with Crippen molar-refractivity contribution >= 4 is 22.9 Å². The molecule has 1 rings (SSSR count). The molecule has 1 aromatic rings. The summed E-state index contributed by atoms with van der Waals surface area (Å²) in [5.41, 5.74) is 1.07. The fourth-order valence-corrected chi connectivity index (χ4v) is 1.73. The lowest BCUT2D eigenvalue weighted by Gasteiger charge is -1.87. The zero-order valence-electron chi connectivity index (χ0n) is 6.55. The van der Waals surface area contributed by atoms with E-state index in [1.165, 1.54) is 16.2 Å². The van der Waals surface area contributed by atoms with Crippen LogP contribution in [-0.4, -0.2) is 11.4 Å². The first kappa shape index (κ1) is 8.20. The number of rotatable bonds is 3. The van der Waals surface area contributed by atoms with Crippen LogP contribution in [0, 0.1) is 6.92 Å². The quantitative estimate of drug-likeness (QED) is 0.700. The number of hydrogen-bond donors (Lipinski definition) is 1. The van der Waals surface area contributed by atoms with Crippen molar-refractivity contribution in [1.82, 2.24) is 4.98 Å². The first-order valence-corrected chi connectivity index (χ1v) is 4.26. The van der Waals surface area contributed by atoms with E-state index in [1.54, 1.807) is 0 Å². The molecule has 0 aromatic carbocycles. The smallest absolute Gasteiger partial charge is 0.213 e. The summed E-state index contributed by atoms with van der Waals surface area (Å²) in [6, 6.07) is 0. The number of nitrogens with zero attached hydrogens (tertiary/aromatic N) is 1. The molecule has 1 amide bonds. The van der Waals surface area contributed by atoms with Crippen LogP contribution >= 0.6 is 11.3 Å². The molecule has 0 unspecified atom stereocenters. The number of carbonyl (C=O) groups is 1. The number of nitrogens with one attached hydrogen (secondary N) is 1. The maximum Gasteiger partial charge on any atom is 0.213 e. The molecule has 1 heterocycles. The Morgan fingerprint density at radius 2 is 2.45 bits per heavy atom. The molecule has 0 fully saturated rings. The lowest BCUT2D eigenvalue weighted by molar-refractivity contribution is -0.105. The van der Waals surface area contributed by atoms with Crippen LogP contribution in [0.3, 0.4) is 0 Å². The van der Waals surface area contributed by atoms with Gasteiger partial charge in [0.25, 0.3) is 0 Å². The van der Waals surface area contributed by atoms with E-state index in [1.807, 2.05) is 13.8 Å². The maximum absolute atomic E-state index is 10.0. The molecule has 4 heteroatoms. The van der Waals surface area contributed by atoms with Gasteiger partial charge in [0.2, 0.25) is 6.41 Å². The molecule has 11 heavy (non-hydrogen) atoms. The Balaban J connectivity index is 2.85. The standard InChI is InChI=1S/C7H10N2OS/c1-3-6-5(2)11-7(9-6)8-4-10/h4H,3H2,1-2H3,(H,8,9,10). The van der Waals surface area contributed by atoms with E-state index in [-0.39, 0.29) is 0 Å². The van der Waals surface area contributed by atoms with Gasteiger partial charge in [0, 0.05) is 4.88 Å². The molecule has 0 aliphatic carbocycles. The fraction of sp³-hybridized carbons (Fsp3) is 0.429. The fourth-order valence-electron chi connectivity index (χ4n) is 0.868. The minimum Gasteiger partial charge on any atom is -0.305 e. The molecule has 1 N–H and O–H groups in total. The van der Waals surface area contributed by atoms with Crippen LogP contribution < -0.4 is 5.32 Å². The van der Waals surface area contributed by atoms with Gasteiger partial charge in [-0.15, -0.1) is 11.3 Å². The Morgan fingerprint density at radius 1 is 1.73 bits per heavy atom. The van der Waals surface area contributed by atoms with E-state index in [9.17, 15) is 4.79 Å². The van der Waals surface area contributed by atoms with Crippen LogP contribution in [0.5, 0.6) is 0 Å². The zero-order valence-corrected chi connectivity index (χ0v) is 7.36. The molecule has 1 aromatic heterocycles. The van der Waals surface area contributed by atoms with Crippen LogP contribution in [-0.2, 0) is 11.2 Å². The SMILES string of the molecule is CCc1nc(NC=O)sc1C. The predicted octanol–water partition coefficient (Wildman–Crippen LogP) is 1.58. The average molecular weight is 170 g/mol. The number of aryl methyl sites for hydroxylation is 2. The topological polar surface area (TPSA) is 42.0 Å². The van der Waals surface area contributed by atoms with Crippen molar-refractivity contribution < 1.29 is 4.79 Å². The molecular weight excluding hydrogens is 160 g/mol. The number of hydrogen-bond acceptors (Lipinski definition) is 3. The zero-order chi connectivity index (χ0) is 8.27. The van der Waals surface area contributed by atoms with Crippen molar-refractivity contribution in [1.29, 1.82) is 0 Å². The lowest BCUT2D eigenvalue weighted by Crippen LogP contribution is -1.92. The second kappa shape index (κ2) is 3.48. The lowest BCUT2D eigenvalue weighted by atomic mass is 10.3. The molecule has 0 aliphatic heterocycles. The van der Waals surface area contributed by atoms with Crippen molar-refractivity contribution in [2.75, 3.05) is 5.32 Å². The summed E-state index contributed by atoms with van der Waals surface area (Å²) in [5.74, 6) is 0. The number of aromatic nitrogens is 1. The van der Waals surface area contributed by atoms with Crippen molar-refractivity contribution in [3.63, 3.8) is 0 Å². The van der Waals surface area contributed by atoms with Crippen molar-refractivity contribution in [2.45, 2.75) is 20.3 Å². The molecule has 60 valence electrons. The van der Waals surface area contributed by atoms with Gasteiger partial charge < -0.3 is 5.32 Å². The average Bonchev–Trinajstić information content (AvgIpc) is 2.32. The van der Waals surface area contributed by atoms with Crippen molar-refractivity contribution in [3.05, 3.63) is 10.6 Å². The van der Waals surface area contributed by atoms with E-state index in [0.29, 0.717) is 11.5 Å². The molecule has 0 saturated carbocycles. The minimum atomic E-state index is 0.651. The predicted molar refractivity (Wildman–Crippen MR) is 45.9 cm³/mol. The third kappa shape index (κ3) is 1.77. The number of carbonyl (C=O) groups excluding carboxylic acids is 1. The van der Waals surface area contributed by atoms with Crippen LogP contribution in [0.2, 0.25) is 0 Å². The third-order valence-electron chi connectivity index (χ3n) is 1.41. The molecule has 0 saturated heterocycles. The molecule has 0 aliphatic rings. The van der Waals surface area contributed by atoms with E-state index in [4.69, 9.17) is 0 Å². The van der Waals surface area contributed by atoms with Gasteiger partial charge in [-0.2, -0.15) is 0 Å². The van der Waals surface area contributed by atoms with E-state index >= 15 is 0 Å². The summed E-state index contributed by atoms with van der Waals surface area (Å²) in [4.78, 5) is 15.4. The number of anilines is 1. The molecule has 3 nitrogen and oxygen atoms in total. The second-order valence-electron chi connectivity index (χ2n) is 2.14. The Labute approximate surface area is 69.5 Å². The first-order valence-electron chi connectivity index (χ1n) is 3.44. The normalized spacial score (nSPS) is 9.64. The summed E-state index contributed by atoms with van der Waals surface area (Å²) in [6.07, 6.45) is 1.57. The highest BCUT2D eigenvalue weighted by atomic mass is 32.1. The molecule has 0 bridgehead atoms.